The zero-order valence-electron chi connectivity index (χ0n) is 11.8. The van der Waals surface area contributed by atoms with E-state index in [0.717, 1.165) is 18.5 Å². The Bertz CT molecular complexity index is 502. The summed E-state index contributed by atoms with van der Waals surface area (Å²) in [5, 5.41) is 13.4. The third-order valence-corrected chi connectivity index (χ3v) is 4.08. The molecule has 1 aliphatic rings. The maximum Gasteiger partial charge on any atom is 0.101 e. The van der Waals surface area contributed by atoms with Gasteiger partial charge in [0, 0.05) is 11.1 Å². The predicted molar refractivity (Wildman–Crippen MR) is 80.4 cm³/mol. The molecule has 0 heterocycles. The van der Waals surface area contributed by atoms with Crippen LogP contribution in [0.15, 0.2) is 18.2 Å². The lowest BCUT2D eigenvalue weighted by atomic mass is 9.70. The second-order valence-electron chi connectivity index (χ2n) is 6.56. The summed E-state index contributed by atoms with van der Waals surface area (Å²) in [6.45, 7) is 6.94. The van der Waals surface area contributed by atoms with Crippen LogP contribution in [0.5, 0.6) is 0 Å². The largest absolute Gasteiger partial charge is 0.381 e. The predicted octanol–water partition coefficient (Wildman–Crippen LogP) is 4.84. The van der Waals surface area contributed by atoms with Crippen LogP contribution in [-0.4, -0.2) is 6.04 Å². The third-order valence-electron chi connectivity index (χ3n) is 3.85. The van der Waals surface area contributed by atoms with E-state index in [-0.39, 0.29) is 0 Å². The molecular weight excluding hydrogens is 256 g/mol. The zero-order valence-corrected chi connectivity index (χ0v) is 12.6. The van der Waals surface area contributed by atoms with Gasteiger partial charge >= 0.3 is 0 Å². The fourth-order valence-corrected chi connectivity index (χ4v) is 3.58. The number of anilines is 1. The Kier molecular flexibility index (Phi) is 4.06. The minimum atomic E-state index is 0.362. The highest BCUT2D eigenvalue weighted by atomic mass is 35.5. The van der Waals surface area contributed by atoms with E-state index in [4.69, 9.17) is 16.9 Å². The normalized spacial score (nSPS) is 25.6. The van der Waals surface area contributed by atoms with Crippen LogP contribution in [0.4, 0.5) is 5.69 Å². The van der Waals surface area contributed by atoms with Crippen molar-refractivity contribution in [2.45, 2.75) is 46.1 Å². The van der Waals surface area contributed by atoms with Gasteiger partial charge < -0.3 is 5.32 Å². The van der Waals surface area contributed by atoms with Gasteiger partial charge in [0.1, 0.15) is 6.07 Å². The highest BCUT2D eigenvalue weighted by Crippen LogP contribution is 2.39. The molecule has 0 bridgehead atoms. The van der Waals surface area contributed by atoms with Gasteiger partial charge in [0.15, 0.2) is 0 Å². The fourth-order valence-electron chi connectivity index (χ4n) is 3.41. The molecule has 1 aliphatic carbocycles. The smallest absolute Gasteiger partial charge is 0.101 e. The van der Waals surface area contributed by atoms with Crippen LogP contribution in [0, 0.1) is 22.7 Å². The summed E-state index contributed by atoms with van der Waals surface area (Å²) >= 11 is 6.03. The Morgan fingerprint density at radius 2 is 2.11 bits per heavy atom. The Morgan fingerprint density at radius 1 is 1.37 bits per heavy atom. The summed E-state index contributed by atoms with van der Waals surface area (Å²) in [5.74, 6) is 0.714. The van der Waals surface area contributed by atoms with Crippen molar-refractivity contribution in [3.63, 3.8) is 0 Å². The Hall–Kier alpha value is -1.20. The quantitative estimate of drug-likeness (QED) is 0.839. The molecule has 102 valence electrons. The van der Waals surface area contributed by atoms with Crippen molar-refractivity contribution in [2.24, 2.45) is 11.3 Å². The number of nitrogens with one attached hydrogen (secondary N) is 1. The van der Waals surface area contributed by atoms with Crippen molar-refractivity contribution in [3.8, 4) is 6.07 Å². The van der Waals surface area contributed by atoms with Gasteiger partial charge in [-0.05, 0) is 48.8 Å². The maximum atomic E-state index is 9.16. The van der Waals surface area contributed by atoms with Crippen LogP contribution in [0.1, 0.15) is 45.6 Å². The van der Waals surface area contributed by atoms with Crippen LogP contribution < -0.4 is 5.32 Å². The number of hydrogen-bond donors (Lipinski definition) is 1. The van der Waals surface area contributed by atoms with Gasteiger partial charge in [-0.15, -0.1) is 0 Å². The summed E-state index contributed by atoms with van der Waals surface area (Å²) in [6.07, 6.45) is 3.56. The third kappa shape index (κ3) is 3.64. The van der Waals surface area contributed by atoms with Crippen molar-refractivity contribution in [2.75, 3.05) is 5.32 Å². The minimum Gasteiger partial charge on any atom is -0.381 e. The van der Waals surface area contributed by atoms with Crippen LogP contribution in [0.3, 0.4) is 0 Å². The van der Waals surface area contributed by atoms with Gasteiger partial charge in [-0.25, -0.2) is 0 Å². The van der Waals surface area contributed by atoms with Crippen molar-refractivity contribution in [1.29, 1.82) is 5.26 Å². The summed E-state index contributed by atoms with van der Waals surface area (Å²) in [7, 11) is 0. The maximum absolute atomic E-state index is 9.16. The molecule has 1 aromatic rings. The van der Waals surface area contributed by atoms with Crippen LogP contribution in [0.25, 0.3) is 0 Å². The number of halogens is 1. The number of nitriles is 1. The number of benzene rings is 1. The van der Waals surface area contributed by atoms with E-state index < -0.39 is 0 Å². The summed E-state index contributed by atoms with van der Waals surface area (Å²) in [5.41, 5.74) is 1.89. The topological polar surface area (TPSA) is 35.8 Å². The molecule has 0 radical (unpaired) electrons. The molecule has 1 aromatic carbocycles. The second-order valence-corrected chi connectivity index (χ2v) is 6.99. The summed E-state index contributed by atoms with van der Waals surface area (Å²) < 4.78 is 0. The summed E-state index contributed by atoms with van der Waals surface area (Å²) in [4.78, 5) is 0. The Balaban J connectivity index is 2.17. The first-order valence-corrected chi connectivity index (χ1v) is 7.23. The molecule has 2 rings (SSSR count). The van der Waals surface area contributed by atoms with Crippen molar-refractivity contribution in [3.05, 3.63) is 28.8 Å². The van der Waals surface area contributed by atoms with Gasteiger partial charge in [-0.2, -0.15) is 5.26 Å². The fraction of sp³-hybridized carbons (Fsp3) is 0.562. The van der Waals surface area contributed by atoms with E-state index in [9.17, 15) is 0 Å². The molecular formula is C16H21ClN2. The SMILES string of the molecule is CC1CC(Nc2cc(Cl)ccc2C#N)CC(C)(C)C1. The van der Waals surface area contributed by atoms with E-state index in [1.807, 2.05) is 6.07 Å². The number of nitrogens with zero attached hydrogens (tertiary/aromatic N) is 1. The average molecular weight is 277 g/mol. The molecule has 3 heteroatoms. The van der Waals surface area contributed by atoms with Gasteiger partial charge in [-0.3, -0.25) is 0 Å². The highest BCUT2D eigenvalue weighted by Gasteiger charge is 2.32. The minimum absolute atomic E-state index is 0.362. The first-order chi connectivity index (χ1) is 8.89. The van der Waals surface area contributed by atoms with Crippen LogP contribution >= 0.6 is 11.6 Å². The van der Waals surface area contributed by atoms with Crippen molar-refractivity contribution < 1.29 is 0 Å². The van der Waals surface area contributed by atoms with E-state index in [1.54, 1.807) is 12.1 Å². The Labute approximate surface area is 120 Å². The monoisotopic (exact) mass is 276 g/mol. The van der Waals surface area contributed by atoms with Gasteiger partial charge in [0.05, 0.1) is 11.3 Å². The molecule has 2 unspecified atom stereocenters. The number of hydrogen-bond acceptors (Lipinski definition) is 2. The molecule has 0 aliphatic heterocycles. The zero-order chi connectivity index (χ0) is 14.0. The van der Waals surface area contributed by atoms with Crippen molar-refractivity contribution in [1.82, 2.24) is 0 Å². The van der Waals surface area contributed by atoms with Gasteiger partial charge in [-0.1, -0.05) is 32.4 Å². The first kappa shape index (κ1) is 14.2. The molecule has 0 aromatic heterocycles. The Morgan fingerprint density at radius 3 is 2.74 bits per heavy atom. The van der Waals surface area contributed by atoms with Gasteiger partial charge in [0.25, 0.3) is 0 Å². The summed E-state index contributed by atoms with van der Waals surface area (Å²) in [6, 6.07) is 8.04. The standard InChI is InChI=1S/C16H21ClN2/c1-11-6-14(9-16(2,3)8-11)19-15-7-13(17)5-4-12(15)10-18/h4-5,7,11,14,19H,6,8-9H2,1-3H3. The molecule has 2 atom stereocenters. The molecule has 1 N–H and O–H groups in total. The number of rotatable bonds is 2. The molecule has 1 saturated carbocycles. The van der Waals surface area contributed by atoms with E-state index >= 15 is 0 Å². The van der Waals surface area contributed by atoms with Crippen LogP contribution in [-0.2, 0) is 0 Å². The van der Waals surface area contributed by atoms with E-state index in [0.29, 0.717) is 28.0 Å². The second kappa shape index (κ2) is 5.43. The highest BCUT2D eigenvalue weighted by molar-refractivity contribution is 6.30. The van der Waals surface area contributed by atoms with E-state index in [1.165, 1.54) is 6.42 Å². The van der Waals surface area contributed by atoms with Gasteiger partial charge in [0.2, 0.25) is 0 Å². The lowest BCUT2D eigenvalue weighted by molar-refractivity contribution is 0.178. The molecule has 2 nitrogen and oxygen atoms in total. The average Bonchev–Trinajstić information content (AvgIpc) is 2.26. The molecule has 0 spiro atoms. The molecule has 0 amide bonds. The molecule has 19 heavy (non-hydrogen) atoms. The van der Waals surface area contributed by atoms with Crippen molar-refractivity contribution >= 4 is 17.3 Å². The lowest BCUT2D eigenvalue weighted by Gasteiger charge is -2.39. The molecule has 0 saturated heterocycles. The lowest BCUT2D eigenvalue weighted by Crippen LogP contribution is -2.35. The first-order valence-electron chi connectivity index (χ1n) is 6.86. The van der Waals surface area contributed by atoms with E-state index in [2.05, 4.69) is 32.2 Å². The van der Waals surface area contributed by atoms with Crippen LogP contribution in [0.2, 0.25) is 5.02 Å². The molecule has 1 fully saturated rings.